The molecule has 0 bridgehead atoms. The summed E-state index contributed by atoms with van der Waals surface area (Å²) in [4.78, 5) is 6.52. The molecule has 2 heterocycles. The predicted molar refractivity (Wildman–Crippen MR) is 67.8 cm³/mol. The maximum absolute atomic E-state index is 4.07. The van der Waals surface area contributed by atoms with E-state index in [1.54, 1.807) is 0 Å². The zero-order valence-electron chi connectivity index (χ0n) is 10.0. The molecule has 1 atom stereocenters. The van der Waals surface area contributed by atoms with E-state index < -0.39 is 0 Å². The predicted octanol–water partition coefficient (Wildman–Crippen LogP) is 2.05. The van der Waals surface area contributed by atoms with Gasteiger partial charge < -0.3 is 10.2 Å². The molecule has 0 amide bonds. The van der Waals surface area contributed by atoms with E-state index in [4.69, 9.17) is 0 Å². The highest BCUT2D eigenvalue weighted by Crippen LogP contribution is 2.18. The molecule has 16 heavy (non-hydrogen) atoms. The third-order valence-electron chi connectivity index (χ3n) is 3.13. The van der Waals surface area contributed by atoms with Gasteiger partial charge in [-0.3, -0.25) is 4.98 Å². The molecule has 0 aliphatic carbocycles. The van der Waals surface area contributed by atoms with Crippen molar-refractivity contribution >= 4 is 5.69 Å². The number of nitrogens with zero attached hydrogens (tertiary/aromatic N) is 2. The van der Waals surface area contributed by atoms with Crippen molar-refractivity contribution in [3.63, 3.8) is 0 Å². The van der Waals surface area contributed by atoms with E-state index in [0.29, 0.717) is 6.04 Å². The molecule has 0 radical (unpaired) electrons. The summed E-state index contributed by atoms with van der Waals surface area (Å²) in [6.07, 6.45) is 7.55. The van der Waals surface area contributed by atoms with E-state index in [0.717, 1.165) is 13.1 Å². The summed E-state index contributed by atoms with van der Waals surface area (Å²) in [7, 11) is 0. The summed E-state index contributed by atoms with van der Waals surface area (Å²) in [5, 5.41) is 3.61. The maximum Gasteiger partial charge on any atom is 0.0397 e. The Hall–Kier alpha value is -1.09. The van der Waals surface area contributed by atoms with Gasteiger partial charge in [-0.2, -0.15) is 0 Å². The lowest BCUT2D eigenvalue weighted by molar-refractivity contribution is 0.423. The van der Waals surface area contributed by atoms with Crippen LogP contribution in [0.4, 0.5) is 5.69 Å². The molecule has 1 N–H and O–H groups in total. The van der Waals surface area contributed by atoms with Crippen LogP contribution in [-0.4, -0.2) is 30.7 Å². The first kappa shape index (κ1) is 11.4. The highest BCUT2D eigenvalue weighted by molar-refractivity contribution is 5.45. The van der Waals surface area contributed by atoms with Crippen LogP contribution in [0.1, 0.15) is 26.2 Å². The lowest BCUT2D eigenvalue weighted by atomic mass is 10.1. The van der Waals surface area contributed by atoms with Crippen LogP contribution in [-0.2, 0) is 0 Å². The first-order valence-corrected chi connectivity index (χ1v) is 6.28. The molecule has 1 fully saturated rings. The zero-order chi connectivity index (χ0) is 11.2. The molecule has 0 aromatic carbocycles. The number of nitrogens with one attached hydrogen (secondary N) is 1. The van der Waals surface area contributed by atoms with E-state index in [1.165, 1.54) is 31.5 Å². The number of hydrogen-bond acceptors (Lipinski definition) is 3. The summed E-state index contributed by atoms with van der Waals surface area (Å²) in [5.74, 6) is 0. The van der Waals surface area contributed by atoms with Gasteiger partial charge in [0.15, 0.2) is 0 Å². The summed E-state index contributed by atoms with van der Waals surface area (Å²) >= 11 is 0. The minimum Gasteiger partial charge on any atom is -0.370 e. The Balaban J connectivity index is 1.91. The van der Waals surface area contributed by atoms with Gasteiger partial charge in [0.05, 0.1) is 0 Å². The lowest BCUT2D eigenvalue weighted by Gasteiger charge is -2.34. The summed E-state index contributed by atoms with van der Waals surface area (Å²) in [6.45, 7) is 5.66. The third kappa shape index (κ3) is 2.95. The summed E-state index contributed by atoms with van der Waals surface area (Å²) < 4.78 is 0. The van der Waals surface area contributed by atoms with Crippen molar-refractivity contribution in [2.24, 2.45) is 0 Å². The number of aromatic nitrogens is 1. The quantitative estimate of drug-likeness (QED) is 0.840. The van der Waals surface area contributed by atoms with Gasteiger partial charge in [0.2, 0.25) is 0 Å². The molecule has 1 aliphatic heterocycles. The van der Waals surface area contributed by atoms with Gasteiger partial charge in [0, 0.05) is 37.2 Å². The van der Waals surface area contributed by atoms with Gasteiger partial charge in [-0.15, -0.1) is 0 Å². The fourth-order valence-electron chi connectivity index (χ4n) is 2.28. The third-order valence-corrected chi connectivity index (χ3v) is 3.13. The van der Waals surface area contributed by atoms with Gasteiger partial charge in [0.25, 0.3) is 0 Å². The molecule has 1 aliphatic rings. The number of hydrogen-bond donors (Lipinski definition) is 1. The average Bonchev–Trinajstić information content (AvgIpc) is 2.38. The van der Waals surface area contributed by atoms with Crippen LogP contribution in [0.3, 0.4) is 0 Å². The number of anilines is 1. The SMILES string of the molecule is CCCNC1CCCN(c2ccncc2)C1. The lowest BCUT2D eigenvalue weighted by Crippen LogP contribution is -2.46. The van der Waals surface area contributed by atoms with Crippen molar-refractivity contribution < 1.29 is 0 Å². The van der Waals surface area contributed by atoms with Crippen LogP contribution in [0, 0.1) is 0 Å². The minimum atomic E-state index is 0.655. The van der Waals surface area contributed by atoms with E-state index in [1.807, 2.05) is 12.4 Å². The van der Waals surface area contributed by atoms with Crippen molar-refractivity contribution in [1.82, 2.24) is 10.3 Å². The summed E-state index contributed by atoms with van der Waals surface area (Å²) in [5.41, 5.74) is 1.30. The molecule has 2 rings (SSSR count). The maximum atomic E-state index is 4.07. The van der Waals surface area contributed by atoms with Crippen molar-refractivity contribution in [1.29, 1.82) is 0 Å². The molecule has 1 aromatic rings. The second-order valence-corrected chi connectivity index (χ2v) is 4.44. The Bertz CT molecular complexity index is 299. The summed E-state index contributed by atoms with van der Waals surface area (Å²) in [6, 6.07) is 4.85. The molecule has 0 saturated carbocycles. The second kappa shape index (κ2) is 5.85. The molecule has 88 valence electrons. The largest absolute Gasteiger partial charge is 0.370 e. The highest BCUT2D eigenvalue weighted by Gasteiger charge is 2.18. The van der Waals surface area contributed by atoms with Crippen LogP contribution < -0.4 is 10.2 Å². The molecule has 3 heteroatoms. The standard InChI is InChI=1S/C13H21N3/c1-2-7-15-12-4-3-10-16(11-12)13-5-8-14-9-6-13/h5-6,8-9,12,15H,2-4,7,10-11H2,1H3. The minimum absolute atomic E-state index is 0.655. The van der Waals surface area contributed by atoms with Crippen LogP contribution in [0.25, 0.3) is 0 Å². The smallest absolute Gasteiger partial charge is 0.0397 e. The topological polar surface area (TPSA) is 28.2 Å². The molecule has 1 saturated heterocycles. The van der Waals surface area contributed by atoms with Crippen LogP contribution >= 0.6 is 0 Å². The Labute approximate surface area is 97.9 Å². The van der Waals surface area contributed by atoms with Gasteiger partial charge in [-0.05, 0) is 37.9 Å². The zero-order valence-corrected chi connectivity index (χ0v) is 10.0. The van der Waals surface area contributed by atoms with E-state index in [9.17, 15) is 0 Å². The van der Waals surface area contributed by atoms with E-state index in [-0.39, 0.29) is 0 Å². The van der Waals surface area contributed by atoms with E-state index in [2.05, 4.69) is 34.3 Å². The first-order valence-electron chi connectivity index (χ1n) is 6.28. The van der Waals surface area contributed by atoms with Gasteiger partial charge in [-0.1, -0.05) is 6.92 Å². The number of pyridine rings is 1. The van der Waals surface area contributed by atoms with Crippen LogP contribution in [0.15, 0.2) is 24.5 Å². The van der Waals surface area contributed by atoms with E-state index >= 15 is 0 Å². The first-order chi connectivity index (χ1) is 7.90. The van der Waals surface area contributed by atoms with Gasteiger partial charge in [-0.25, -0.2) is 0 Å². The highest BCUT2D eigenvalue weighted by atomic mass is 15.2. The molecule has 3 nitrogen and oxygen atoms in total. The normalized spacial score (nSPS) is 21.1. The van der Waals surface area contributed by atoms with Gasteiger partial charge >= 0.3 is 0 Å². The van der Waals surface area contributed by atoms with Crippen LogP contribution in [0.5, 0.6) is 0 Å². The number of rotatable bonds is 4. The number of piperidine rings is 1. The molecule has 0 spiro atoms. The second-order valence-electron chi connectivity index (χ2n) is 4.44. The average molecular weight is 219 g/mol. The monoisotopic (exact) mass is 219 g/mol. The molecular weight excluding hydrogens is 198 g/mol. The Kier molecular flexibility index (Phi) is 4.17. The van der Waals surface area contributed by atoms with Gasteiger partial charge in [0.1, 0.15) is 0 Å². The fraction of sp³-hybridized carbons (Fsp3) is 0.615. The fourth-order valence-corrected chi connectivity index (χ4v) is 2.28. The van der Waals surface area contributed by atoms with Crippen molar-refractivity contribution in [2.75, 3.05) is 24.5 Å². The Morgan fingerprint density at radius 2 is 2.25 bits per heavy atom. The molecular formula is C13H21N3. The molecule has 1 aromatic heterocycles. The van der Waals surface area contributed by atoms with Crippen molar-refractivity contribution in [3.8, 4) is 0 Å². The van der Waals surface area contributed by atoms with Crippen molar-refractivity contribution in [3.05, 3.63) is 24.5 Å². The van der Waals surface area contributed by atoms with Crippen LogP contribution in [0.2, 0.25) is 0 Å². The Morgan fingerprint density at radius 1 is 1.44 bits per heavy atom. The Morgan fingerprint density at radius 3 is 3.00 bits per heavy atom. The van der Waals surface area contributed by atoms with Crippen molar-refractivity contribution in [2.45, 2.75) is 32.2 Å². The molecule has 1 unspecified atom stereocenters.